The Morgan fingerprint density at radius 2 is 2.19 bits per heavy atom. The summed E-state index contributed by atoms with van der Waals surface area (Å²) in [6.07, 6.45) is 2.73. The average Bonchev–Trinajstić information content (AvgIpc) is 3.27. The van der Waals surface area contributed by atoms with Crippen LogP contribution in [0.2, 0.25) is 0 Å². The van der Waals surface area contributed by atoms with Crippen LogP contribution < -0.4 is 10.6 Å². The van der Waals surface area contributed by atoms with Crippen LogP contribution in [0.3, 0.4) is 0 Å². The predicted octanol–water partition coefficient (Wildman–Crippen LogP) is 2.78. The smallest absolute Gasteiger partial charge is 0.221 e. The molecule has 1 unspecified atom stereocenters. The molecule has 1 atom stereocenters. The van der Waals surface area contributed by atoms with E-state index in [9.17, 15) is 4.79 Å². The van der Waals surface area contributed by atoms with E-state index in [4.69, 9.17) is 0 Å². The highest BCUT2D eigenvalue weighted by molar-refractivity contribution is 5.88. The first kappa shape index (κ1) is 16.0. The molecule has 1 fully saturated rings. The molecule has 116 valence electrons. The molecule has 0 saturated heterocycles. The Hall–Kier alpha value is -1.39. The van der Waals surface area contributed by atoms with Crippen LogP contribution in [-0.2, 0) is 4.79 Å². The van der Waals surface area contributed by atoms with Crippen molar-refractivity contribution in [3.63, 3.8) is 0 Å². The van der Waals surface area contributed by atoms with Crippen LogP contribution in [0.15, 0.2) is 24.3 Å². The minimum Gasteiger partial charge on any atom is -0.326 e. The average molecular weight is 289 g/mol. The van der Waals surface area contributed by atoms with Crippen molar-refractivity contribution < 1.29 is 4.79 Å². The Morgan fingerprint density at radius 3 is 2.81 bits per heavy atom. The lowest BCUT2D eigenvalue weighted by atomic mass is 10.1. The summed E-state index contributed by atoms with van der Waals surface area (Å²) in [5, 5.41) is 6.40. The van der Waals surface area contributed by atoms with Gasteiger partial charge >= 0.3 is 0 Å². The van der Waals surface area contributed by atoms with E-state index >= 15 is 0 Å². The van der Waals surface area contributed by atoms with Gasteiger partial charge in [0.25, 0.3) is 0 Å². The summed E-state index contributed by atoms with van der Waals surface area (Å²) in [5.41, 5.74) is 2.07. The number of rotatable bonds is 8. The number of nitrogens with zero attached hydrogens (tertiary/aromatic N) is 1. The lowest BCUT2D eigenvalue weighted by Gasteiger charge is -2.22. The molecule has 0 spiro atoms. The minimum absolute atomic E-state index is 0.0317. The van der Waals surface area contributed by atoms with Gasteiger partial charge in [-0.1, -0.05) is 19.1 Å². The summed E-state index contributed by atoms with van der Waals surface area (Å²) >= 11 is 0. The molecule has 0 bridgehead atoms. The van der Waals surface area contributed by atoms with E-state index in [2.05, 4.69) is 35.4 Å². The fourth-order valence-electron chi connectivity index (χ4n) is 2.67. The molecule has 4 nitrogen and oxygen atoms in total. The maximum Gasteiger partial charge on any atom is 0.221 e. The minimum atomic E-state index is -0.0317. The zero-order valence-corrected chi connectivity index (χ0v) is 13.4. The van der Waals surface area contributed by atoms with Crippen LogP contribution in [0.4, 0.5) is 5.69 Å². The lowest BCUT2D eigenvalue weighted by Crippen LogP contribution is -2.34. The summed E-state index contributed by atoms with van der Waals surface area (Å²) in [6, 6.07) is 9.16. The van der Waals surface area contributed by atoms with Crippen LogP contribution in [0, 0.1) is 0 Å². The molecule has 0 heterocycles. The third kappa shape index (κ3) is 5.14. The Kier molecular flexibility index (Phi) is 5.76. The van der Waals surface area contributed by atoms with Crippen molar-refractivity contribution in [2.24, 2.45) is 0 Å². The van der Waals surface area contributed by atoms with E-state index in [0.717, 1.165) is 31.4 Å². The van der Waals surface area contributed by atoms with Gasteiger partial charge in [-0.15, -0.1) is 0 Å². The van der Waals surface area contributed by atoms with Crippen LogP contribution in [0.1, 0.15) is 45.2 Å². The third-order valence-corrected chi connectivity index (χ3v) is 4.03. The zero-order valence-electron chi connectivity index (χ0n) is 13.4. The van der Waals surface area contributed by atoms with E-state index in [1.165, 1.54) is 25.3 Å². The van der Waals surface area contributed by atoms with Gasteiger partial charge in [0, 0.05) is 37.8 Å². The van der Waals surface area contributed by atoms with Crippen molar-refractivity contribution in [3.05, 3.63) is 29.8 Å². The van der Waals surface area contributed by atoms with Crippen molar-refractivity contribution in [1.82, 2.24) is 10.2 Å². The molecule has 1 aliphatic carbocycles. The lowest BCUT2D eigenvalue weighted by molar-refractivity contribution is -0.114. The number of likely N-dealkylation sites (N-methyl/N-ethyl adjacent to an activating group) is 1. The van der Waals surface area contributed by atoms with Gasteiger partial charge in [0.15, 0.2) is 0 Å². The molecule has 4 heteroatoms. The first-order chi connectivity index (χ1) is 10.1. The quantitative estimate of drug-likeness (QED) is 0.773. The van der Waals surface area contributed by atoms with Crippen molar-refractivity contribution in [2.75, 3.05) is 25.0 Å². The highest BCUT2D eigenvalue weighted by Gasteiger charge is 2.27. The number of amides is 1. The number of benzene rings is 1. The standard InChI is InChI=1S/C17H27N3O/c1-4-20(17-8-9-17)11-10-18-13(2)15-6-5-7-16(12-15)19-14(3)21/h5-7,12-13,17-18H,4,8-11H2,1-3H3,(H,19,21). The molecule has 1 saturated carbocycles. The number of nitrogens with one attached hydrogen (secondary N) is 2. The number of anilines is 1. The van der Waals surface area contributed by atoms with Gasteiger partial charge in [0.1, 0.15) is 0 Å². The summed E-state index contributed by atoms with van der Waals surface area (Å²) in [4.78, 5) is 13.7. The summed E-state index contributed by atoms with van der Waals surface area (Å²) < 4.78 is 0. The zero-order chi connectivity index (χ0) is 15.2. The second kappa shape index (κ2) is 7.57. The van der Waals surface area contributed by atoms with Gasteiger partial charge in [-0.25, -0.2) is 0 Å². The van der Waals surface area contributed by atoms with Crippen molar-refractivity contribution in [1.29, 1.82) is 0 Å². The van der Waals surface area contributed by atoms with E-state index in [-0.39, 0.29) is 11.9 Å². The first-order valence-corrected chi connectivity index (χ1v) is 7.95. The first-order valence-electron chi connectivity index (χ1n) is 7.95. The molecule has 0 aromatic heterocycles. The highest BCUT2D eigenvalue weighted by atomic mass is 16.1. The Bertz CT molecular complexity index is 471. The van der Waals surface area contributed by atoms with Gasteiger partial charge in [-0.3, -0.25) is 9.69 Å². The maximum absolute atomic E-state index is 11.1. The number of carbonyl (C=O) groups excluding carboxylic acids is 1. The Labute approximate surface area is 127 Å². The van der Waals surface area contributed by atoms with Crippen LogP contribution >= 0.6 is 0 Å². The normalized spacial score (nSPS) is 16.0. The largest absolute Gasteiger partial charge is 0.326 e. The fourth-order valence-corrected chi connectivity index (χ4v) is 2.67. The molecule has 1 amide bonds. The van der Waals surface area contributed by atoms with E-state index < -0.39 is 0 Å². The van der Waals surface area contributed by atoms with Crippen LogP contribution in [0.25, 0.3) is 0 Å². The summed E-state index contributed by atoms with van der Waals surface area (Å²) in [6.45, 7) is 9.18. The monoisotopic (exact) mass is 289 g/mol. The van der Waals surface area contributed by atoms with Gasteiger partial charge in [0.05, 0.1) is 0 Å². The molecule has 0 radical (unpaired) electrons. The molecular weight excluding hydrogens is 262 g/mol. The second-order valence-corrected chi connectivity index (χ2v) is 5.84. The van der Waals surface area contributed by atoms with Crippen molar-refractivity contribution in [3.8, 4) is 0 Å². The molecule has 2 N–H and O–H groups in total. The predicted molar refractivity (Wildman–Crippen MR) is 87.4 cm³/mol. The molecule has 1 aliphatic rings. The van der Waals surface area contributed by atoms with Gasteiger partial charge in [-0.2, -0.15) is 0 Å². The molecule has 1 aromatic rings. The van der Waals surface area contributed by atoms with Crippen molar-refractivity contribution in [2.45, 2.75) is 45.7 Å². The van der Waals surface area contributed by atoms with Gasteiger partial charge < -0.3 is 10.6 Å². The van der Waals surface area contributed by atoms with Crippen LogP contribution in [-0.4, -0.2) is 36.5 Å². The van der Waals surface area contributed by atoms with E-state index in [1.807, 2.05) is 18.2 Å². The Morgan fingerprint density at radius 1 is 1.43 bits per heavy atom. The molecule has 21 heavy (non-hydrogen) atoms. The highest BCUT2D eigenvalue weighted by Crippen LogP contribution is 2.26. The van der Waals surface area contributed by atoms with E-state index in [1.54, 1.807) is 0 Å². The van der Waals surface area contributed by atoms with Crippen molar-refractivity contribution >= 4 is 11.6 Å². The van der Waals surface area contributed by atoms with Gasteiger partial charge in [0.2, 0.25) is 5.91 Å². The number of hydrogen-bond acceptors (Lipinski definition) is 3. The van der Waals surface area contributed by atoms with Gasteiger partial charge in [-0.05, 0) is 44.0 Å². The maximum atomic E-state index is 11.1. The molecule has 1 aromatic carbocycles. The van der Waals surface area contributed by atoms with Crippen LogP contribution in [0.5, 0.6) is 0 Å². The second-order valence-electron chi connectivity index (χ2n) is 5.84. The molecule has 0 aliphatic heterocycles. The number of hydrogen-bond donors (Lipinski definition) is 2. The van der Waals surface area contributed by atoms with E-state index in [0.29, 0.717) is 0 Å². The molecule has 2 rings (SSSR count). The summed E-state index contributed by atoms with van der Waals surface area (Å²) in [5.74, 6) is -0.0317. The number of carbonyl (C=O) groups is 1. The Balaban J connectivity index is 1.81. The summed E-state index contributed by atoms with van der Waals surface area (Å²) in [7, 11) is 0. The molecular formula is C17H27N3O. The SMILES string of the molecule is CCN(CCNC(C)c1cccc(NC(C)=O)c1)C1CC1. The topological polar surface area (TPSA) is 44.4 Å². The third-order valence-electron chi connectivity index (χ3n) is 4.03. The fraction of sp³-hybridized carbons (Fsp3) is 0.588.